The number of aromatic nitrogens is 3. The summed E-state index contributed by atoms with van der Waals surface area (Å²) in [6.07, 6.45) is 3.81. The number of nitrogens with zero attached hydrogens (tertiary/aromatic N) is 3. The highest BCUT2D eigenvalue weighted by atomic mass is 35.5. The Balaban J connectivity index is 1.35. The van der Waals surface area contributed by atoms with Crippen molar-refractivity contribution in [2.45, 2.75) is 37.8 Å². The van der Waals surface area contributed by atoms with Gasteiger partial charge in [-0.2, -0.15) is 0 Å². The molecule has 2 unspecified atom stereocenters. The molecular formula is C33H30Cl2F2N6O5. The van der Waals surface area contributed by atoms with Gasteiger partial charge in [-0.1, -0.05) is 23.2 Å². The van der Waals surface area contributed by atoms with Gasteiger partial charge >= 0.3 is 5.69 Å². The molecule has 0 saturated carbocycles. The number of nitrogens with one attached hydrogen (secondary N) is 3. The van der Waals surface area contributed by atoms with Crippen molar-refractivity contribution in [3.05, 3.63) is 95.7 Å². The van der Waals surface area contributed by atoms with E-state index in [1.165, 1.54) is 33.3 Å². The highest BCUT2D eigenvalue weighted by Gasteiger charge is 2.31. The predicted octanol–water partition coefficient (Wildman–Crippen LogP) is 4.51. The normalized spacial score (nSPS) is 16.9. The first-order valence-electron chi connectivity index (χ1n) is 15.0. The summed E-state index contributed by atoms with van der Waals surface area (Å²) >= 11 is 13.4. The summed E-state index contributed by atoms with van der Waals surface area (Å²) in [5.41, 5.74) is -0.252. The highest BCUT2D eigenvalue weighted by Crippen LogP contribution is 2.46. The first-order valence-corrected chi connectivity index (χ1v) is 15.8. The molecule has 4 aromatic rings. The summed E-state index contributed by atoms with van der Waals surface area (Å²) in [6.45, 7) is 0.599. The van der Waals surface area contributed by atoms with Crippen molar-refractivity contribution in [3.8, 4) is 28.3 Å². The second-order valence-electron chi connectivity index (χ2n) is 11.7. The lowest BCUT2D eigenvalue weighted by atomic mass is 9.98. The minimum Gasteiger partial charge on any atom is -0.481 e. The summed E-state index contributed by atoms with van der Waals surface area (Å²) in [6, 6.07) is 6.53. The Bertz CT molecular complexity index is 2120. The summed E-state index contributed by atoms with van der Waals surface area (Å²) < 4.78 is 38.5. The van der Waals surface area contributed by atoms with E-state index in [0.717, 1.165) is 51.4 Å². The molecular weight excluding hydrogens is 669 g/mol. The van der Waals surface area contributed by atoms with Crippen LogP contribution in [0.15, 0.2) is 46.1 Å². The van der Waals surface area contributed by atoms with Crippen molar-refractivity contribution in [2.24, 2.45) is 14.1 Å². The van der Waals surface area contributed by atoms with Gasteiger partial charge in [0.1, 0.15) is 17.2 Å². The first-order chi connectivity index (χ1) is 22.9. The van der Waals surface area contributed by atoms with Crippen molar-refractivity contribution in [3.63, 3.8) is 0 Å². The van der Waals surface area contributed by atoms with Crippen LogP contribution in [0.2, 0.25) is 10.0 Å². The third-order valence-corrected chi connectivity index (χ3v) is 9.48. The van der Waals surface area contributed by atoms with Crippen LogP contribution in [-0.2, 0) is 25.3 Å². The van der Waals surface area contributed by atoms with E-state index in [4.69, 9.17) is 27.9 Å². The number of amides is 2. The molecule has 15 heteroatoms. The number of ether oxygens (including phenoxy) is 1. The van der Waals surface area contributed by atoms with Gasteiger partial charge in [-0.25, -0.2) is 18.6 Å². The topological polar surface area (TPSA) is 136 Å². The SMILES string of the molecule is COc1nc(-c2ccc(F)c(-c3c(F)ccc(NC(=O)c4cn(C)c(=O)n(C)c4=O)c3Cl)c2Cl)cc2c1C(NCC1CCC(=O)N1)CC2. The number of hydrogen-bond acceptors (Lipinski definition) is 7. The molecule has 0 spiro atoms. The van der Waals surface area contributed by atoms with E-state index in [0.29, 0.717) is 31.0 Å². The van der Waals surface area contributed by atoms with E-state index in [1.807, 2.05) is 6.07 Å². The van der Waals surface area contributed by atoms with Gasteiger partial charge in [-0.3, -0.25) is 19.0 Å². The number of anilines is 1. The zero-order chi connectivity index (χ0) is 34.4. The van der Waals surface area contributed by atoms with Crippen molar-refractivity contribution < 1.29 is 23.1 Å². The maximum Gasteiger partial charge on any atom is 0.330 e. The van der Waals surface area contributed by atoms with E-state index in [2.05, 4.69) is 20.9 Å². The van der Waals surface area contributed by atoms with Crippen LogP contribution >= 0.6 is 23.2 Å². The second-order valence-corrected chi connectivity index (χ2v) is 12.5. The number of aryl methyl sites for hydroxylation is 2. The van der Waals surface area contributed by atoms with Crippen LogP contribution in [0, 0.1) is 11.6 Å². The molecule has 11 nitrogen and oxygen atoms in total. The van der Waals surface area contributed by atoms with Crippen LogP contribution < -0.4 is 31.9 Å². The molecule has 2 aliphatic rings. The summed E-state index contributed by atoms with van der Waals surface area (Å²) in [5.74, 6) is -2.31. The molecule has 0 radical (unpaired) electrons. The van der Waals surface area contributed by atoms with Crippen LogP contribution in [0.1, 0.15) is 46.8 Å². The van der Waals surface area contributed by atoms with Crippen molar-refractivity contribution >= 4 is 40.7 Å². The largest absolute Gasteiger partial charge is 0.481 e. The smallest absolute Gasteiger partial charge is 0.330 e. The molecule has 0 bridgehead atoms. The van der Waals surface area contributed by atoms with Crippen molar-refractivity contribution in [1.82, 2.24) is 24.8 Å². The maximum atomic E-state index is 15.5. The average Bonchev–Trinajstić information content (AvgIpc) is 3.68. The molecule has 48 heavy (non-hydrogen) atoms. The molecule has 6 rings (SSSR count). The summed E-state index contributed by atoms with van der Waals surface area (Å²) in [5, 5.41) is 8.37. The molecule has 1 aliphatic carbocycles. The van der Waals surface area contributed by atoms with Crippen LogP contribution in [0.25, 0.3) is 22.4 Å². The molecule has 2 amide bonds. The fraction of sp³-hybridized carbons (Fsp3) is 0.303. The number of benzene rings is 2. The van der Waals surface area contributed by atoms with Gasteiger partial charge in [0.2, 0.25) is 11.8 Å². The Morgan fingerprint density at radius 1 is 1.04 bits per heavy atom. The third kappa shape index (κ3) is 5.97. The van der Waals surface area contributed by atoms with E-state index in [1.54, 1.807) is 0 Å². The fourth-order valence-electron chi connectivity index (χ4n) is 6.23. The third-order valence-electron chi connectivity index (χ3n) is 8.70. The Hall–Kier alpha value is -4.59. The Morgan fingerprint density at radius 2 is 1.75 bits per heavy atom. The van der Waals surface area contributed by atoms with Crippen molar-refractivity contribution in [1.29, 1.82) is 0 Å². The molecule has 3 heterocycles. The minimum atomic E-state index is -0.916. The molecule has 1 fully saturated rings. The summed E-state index contributed by atoms with van der Waals surface area (Å²) in [4.78, 5) is 54.0. The number of halogens is 4. The van der Waals surface area contributed by atoms with Crippen LogP contribution in [0.3, 0.4) is 0 Å². The monoisotopic (exact) mass is 698 g/mol. The first kappa shape index (κ1) is 33.3. The molecule has 1 saturated heterocycles. The number of hydrogen-bond donors (Lipinski definition) is 3. The Labute approximate surface area is 282 Å². The fourth-order valence-corrected chi connectivity index (χ4v) is 6.87. The van der Waals surface area contributed by atoms with Crippen molar-refractivity contribution in [2.75, 3.05) is 19.0 Å². The zero-order valence-corrected chi connectivity index (χ0v) is 27.6. The average molecular weight is 700 g/mol. The lowest BCUT2D eigenvalue weighted by Gasteiger charge is -2.20. The predicted molar refractivity (Wildman–Crippen MR) is 177 cm³/mol. The van der Waals surface area contributed by atoms with E-state index >= 15 is 8.78 Å². The van der Waals surface area contributed by atoms with Gasteiger partial charge in [0, 0.05) is 67.6 Å². The van der Waals surface area contributed by atoms with Gasteiger partial charge in [0.15, 0.2) is 0 Å². The van der Waals surface area contributed by atoms with Gasteiger partial charge in [0.05, 0.1) is 28.5 Å². The number of carbonyl (C=O) groups excluding carboxylic acids is 2. The van der Waals surface area contributed by atoms with Gasteiger partial charge in [0.25, 0.3) is 11.5 Å². The van der Waals surface area contributed by atoms with E-state index < -0.39 is 34.4 Å². The van der Waals surface area contributed by atoms with Crippen LogP contribution in [-0.4, -0.2) is 45.6 Å². The molecule has 2 aromatic heterocycles. The van der Waals surface area contributed by atoms with E-state index in [9.17, 15) is 19.2 Å². The molecule has 250 valence electrons. The zero-order valence-electron chi connectivity index (χ0n) is 26.0. The van der Waals surface area contributed by atoms with E-state index in [-0.39, 0.29) is 50.4 Å². The number of pyridine rings is 1. The maximum absolute atomic E-state index is 15.5. The Kier molecular flexibility index (Phi) is 9.12. The molecule has 2 atom stereocenters. The lowest BCUT2D eigenvalue weighted by molar-refractivity contribution is -0.119. The van der Waals surface area contributed by atoms with Gasteiger partial charge in [-0.05, 0) is 55.2 Å². The molecule has 1 aliphatic heterocycles. The number of rotatable bonds is 8. The standard InChI is InChI=1S/C33H30Cl2F2N6O5/c1-42-14-18(32(46)43(2)33(42)47)30(45)40-22-10-8-20(37)27(29(22)35)26-19(36)7-6-17(28(26)34)23-12-15-4-9-21(25(15)31(41-23)48-3)38-13-16-5-11-24(44)39-16/h6-8,10,12,14,16,21,38H,4-5,9,11,13H2,1-3H3,(H,39,44)(H,40,45). The second kappa shape index (κ2) is 13.1. The lowest BCUT2D eigenvalue weighted by Crippen LogP contribution is -2.40. The minimum absolute atomic E-state index is 0.0408. The number of carbonyl (C=O) groups is 2. The number of methoxy groups -OCH3 is 1. The Morgan fingerprint density at radius 3 is 2.44 bits per heavy atom. The van der Waals surface area contributed by atoms with Crippen LogP contribution in [0.5, 0.6) is 5.88 Å². The van der Waals surface area contributed by atoms with Gasteiger partial charge in [-0.15, -0.1) is 0 Å². The van der Waals surface area contributed by atoms with Gasteiger partial charge < -0.3 is 25.3 Å². The quantitative estimate of drug-likeness (QED) is 0.246. The summed E-state index contributed by atoms with van der Waals surface area (Å²) in [7, 11) is 4.09. The molecule has 3 N–H and O–H groups in total. The van der Waals surface area contributed by atoms with Crippen LogP contribution in [0.4, 0.5) is 14.5 Å². The highest BCUT2D eigenvalue weighted by molar-refractivity contribution is 6.39. The number of fused-ring (bicyclic) bond motifs is 1. The molecule has 2 aromatic carbocycles.